The second kappa shape index (κ2) is 7.51. The van der Waals surface area contributed by atoms with Crippen LogP contribution in [0.5, 0.6) is 5.75 Å². The SMILES string of the molecule is COc1ccc(CNCCc2ccccc2F)cc1[N+](=O)[O-]. The molecule has 0 heterocycles. The number of nitrogens with one attached hydrogen (secondary N) is 1. The van der Waals surface area contributed by atoms with E-state index >= 15 is 0 Å². The zero-order valence-electron chi connectivity index (χ0n) is 12.2. The van der Waals surface area contributed by atoms with Crippen LogP contribution >= 0.6 is 0 Å². The largest absolute Gasteiger partial charge is 0.490 e. The van der Waals surface area contributed by atoms with Crippen molar-refractivity contribution in [1.82, 2.24) is 5.32 Å². The van der Waals surface area contributed by atoms with Gasteiger partial charge in [-0.15, -0.1) is 0 Å². The molecule has 2 aromatic carbocycles. The van der Waals surface area contributed by atoms with Crippen molar-refractivity contribution >= 4 is 5.69 Å². The van der Waals surface area contributed by atoms with Crippen molar-refractivity contribution < 1.29 is 14.1 Å². The molecule has 2 rings (SSSR count). The van der Waals surface area contributed by atoms with E-state index in [0.29, 0.717) is 25.1 Å². The van der Waals surface area contributed by atoms with Gasteiger partial charge in [0.2, 0.25) is 0 Å². The number of nitro groups is 1. The van der Waals surface area contributed by atoms with Crippen molar-refractivity contribution in [2.24, 2.45) is 0 Å². The fourth-order valence-electron chi connectivity index (χ4n) is 2.15. The third-order valence-electron chi connectivity index (χ3n) is 3.30. The van der Waals surface area contributed by atoms with E-state index in [1.807, 2.05) is 0 Å². The predicted octanol–water partition coefficient (Wildman–Crippen LogP) is 3.07. The van der Waals surface area contributed by atoms with Gasteiger partial charge in [0.05, 0.1) is 12.0 Å². The number of benzene rings is 2. The molecule has 0 atom stereocenters. The summed E-state index contributed by atoms with van der Waals surface area (Å²) in [7, 11) is 1.40. The van der Waals surface area contributed by atoms with Crippen molar-refractivity contribution in [3.63, 3.8) is 0 Å². The van der Waals surface area contributed by atoms with Gasteiger partial charge in [0.25, 0.3) is 0 Å². The van der Waals surface area contributed by atoms with E-state index in [1.54, 1.807) is 30.3 Å². The van der Waals surface area contributed by atoms with Crippen molar-refractivity contribution in [3.05, 3.63) is 69.5 Å². The van der Waals surface area contributed by atoms with Gasteiger partial charge in [0, 0.05) is 12.6 Å². The Hall–Kier alpha value is -2.47. The first-order chi connectivity index (χ1) is 10.6. The number of ether oxygens (including phenoxy) is 1. The molecular weight excluding hydrogens is 287 g/mol. The van der Waals surface area contributed by atoms with Crippen molar-refractivity contribution in [3.8, 4) is 5.75 Å². The molecule has 0 saturated heterocycles. The topological polar surface area (TPSA) is 64.4 Å². The highest BCUT2D eigenvalue weighted by Crippen LogP contribution is 2.27. The molecule has 6 heteroatoms. The van der Waals surface area contributed by atoms with Gasteiger partial charge in [0.1, 0.15) is 5.82 Å². The highest BCUT2D eigenvalue weighted by Gasteiger charge is 2.14. The molecule has 0 spiro atoms. The zero-order valence-corrected chi connectivity index (χ0v) is 12.2. The number of methoxy groups -OCH3 is 1. The standard InChI is InChI=1S/C16H17FN2O3/c1-22-16-7-6-12(10-15(16)19(20)21)11-18-9-8-13-4-2-3-5-14(13)17/h2-7,10,18H,8-9,11H2,1H3. The number of hydrogen-bond acceptors (Lipinski definition) is 4. The van der Waals surface area contributed by atoms with Crippen molar-refractivity contribution in [2.45, 2.75) is 13.0 Å². The first-order valence-electron chi connectivity index (χ1n) is 6.87. The number of rotatable bonds is 7. The van der Waals surface area contributed by atoms with E-state index in [4.69, 9.17) is 4.74 Å². The molecule has 0 aromatic heterocycles. The Bertz CT molecular complexity index is 662. The number of hydrogen-bond donors (Lipinski definition) is 1. The summed E-state index contributed by atoms with van der Waals surface area (Å²) in [6, 6.07) is 11.5. The minimum Gasteiger partial charge on any atom is -0.490 e. The minimum absolute atomic E-state index is 0.0593. The van der Waals surface area contributed by atoms with Gasteiger partial charge in [0.15, 0.2) is 5.75 Å². The van der Waals surface area contributed by atoms with Crippen LogP contribution in [0.3, 0.4) is 0 Å². The first kappa shape index (κ1) is 15.9. The fraction of sp³-hybridized carbons (Fsp3) is 0.250. The van der Waals surface area contributed by atoms with E-state index in [9.17, 15) is 14.5 Å². The third-order valence-corrected chi connectivity index (χ3v) is 3.30. The normalized spacial score (nSPS) is 10.5. The van der Waals surface area contributed by atoms with Crippen LogP contribution in [0.2, 0.25) is 0 Å². The van der Waals surface area contributed by atoms with Gasteiger partial charge in [-0.05, 0) is 36.2 Å². The smallest absolute Gasteiger partial charge is 0.311 e. The molecule has 22 heavy (non-hydrogen) atoms. The zero-order chi connectivity index (χ0) is 15.9. The summed E-state index contributed by atoms with van der Waals surface area (Å²) in [6.07, 6.45) is 0.560. The first-order valence-corrected chi connectivity index (χ1v) is 6.87. The number of nitrogens with zero attached hydrogens (tertiary/aromatic N) is 1. The minimum atomic E-state index is -0.471. The average Bonchev–Trinajstić information content (AvgIpc) is 2.52. The van der Waals surface area contributed by atoms with Crippen molar-refractivity contribution in [2.75, 3.05) is 13.7 Å². The maximum atomic E-state index is 13.4. The van der Waals surface area contributed by atoms with E-state index in [2.05, 4.69) is 5.32 Å². The number of nitro benzene ring substituents is 1. The second-order valence-corrected chi connectivity index (χ2v) is 4.78. The summed E-state index contributed by atoms with van der Waals surface area (Å²) in [5, 5.41) is 14.1. The molecule has 1 N–H and O–H groups in total. The molecule has 0 radical (unpaired) electrons. The van der Waals surface area contributed by atoms with E-state index in [-0.39, 0.29) is 17.3 Å². The monoisotopic (exact) mass is 304 g/mol. The van der Waals surface area contributed by atoms with Crippen LogP contribution in [0.15, 0.2) is 42.5 Å². The average molecular weight is 304 g/mol. The van der Waals surface area contributed by atoms with Crippen LogP contribution in [0, 0.1) is 15.9 Å². The Morgan fingerprint density at radius 2 is 2.05 bits per heavy atom. The van der Waals surface area contributed by atoms with Gasteiger partial charge in [-0.3, -0.25) is 10.1 Å². The molecule has 0 unspecified atom stereocenters. The van der Waals surface area contributed by atoms with Gasteiger partial charge < -0.3 is 10.1 Å². The van der Waals surface area contributed by atoms with Gasteiger partial charge >= 0.3 is 5.69 Å². The molecule has 0 amide bonds. The lowest BCUT2D eigenvalue weighted by molar-refractivity contribution is -0.385. The summed E-state index contributed by atoms with van der Waals surface area (Å²) >= 11 is 0. The maximum absolute atomic E-state index is 13.4. The summed E-state index contributed by atoms with van der Waals surface area (Å²) in [4.78, 5) is 10.5. The quantitative estimate of drug-likeness (QED) is 0.485. The maximum Gasteiger partial charge on any atom is 0.311 e. The van der Waals surface area contributed by atoms with E-state index < -0.39 is 4.92 Å². The molecular formula is C16H17FN2O3. The summed E-state index contributed by atoms with van der Waals surface area (Å²) in [5.74, 6) is 0.0180. The third kappa shape index (κ3) is 4.02. The lowest BCUT2D eigenvalue weighted by Crippen LogP contribution is -2.17. The van der Waals surface area contributed by atoms with Crippen LogP contribution < -0.4 is 10.1 Å². The molecule has 0 aliphatic carbocycles. The Kier molecular flexibility index (Phi) is 5.43. The summed E-state index contributed by atoms with van der Waals surface area (Å²) < 4.78 is 18.4. The molecule has 0 bridgehead atoms. The Morgan fingerprint density at radius 3 is 2.73 bits per heavy atom. The number of halogens is 1. The molecule has 116 valence electrons. The van der Waals surface area contributed by atoms with Crippen LogP contribution in [-0.4, -0.2) is 18.6 Å². The molecule has 0 aliphatic heterocycles. The van der Waals surface area contributed by atoms with Gasteiger partial charge in [-0.25, -0.2) is 4.39 Å². The van der Waals surface area contributed by atoms with Crippen LogP contribution in [0.1, 0.15) is 11.1 Å². The van der Waals surface area contributed by atoms with Gasteiger partial charge in [-0.1, -0.05) is 24.3 Å². The van der Waals surface area contributed by atoms with Crippen molar-refractivity contribution in [1.29, 1.82) is 0 Å². The molecule has 5 nitrogen and oxygen atoms in total. The lowest BCUT2D eigenvalue weighted by Gasteiger charge is -2.07. The molecule has 2 aromatic rings. The van der Waals surface area contributed by atoms with E-state index in [0.717, 1.165) is 5.56 Å². The van der Waals surface area contributed by atoms with Crippen LogP contribution in [0.25, 0.3) is 0 Å². The lowest BCUT2D eigenvalue weighted by atomic mass is 10.1. The Morgan fingerprint density at radius 1 is 1.27 bits per heavy atom. The molecule has 0 aliphatic rings. The molecule has 0 saturated carbocycles. The molecule has 0 fully saturated rings. The summed E-state index contributed by atoms with van der Waals surface area (Å²) in [5.41, 5.74) is 1.37. The van der Waals surface area contributed by atoms with Crippen LogP contribution in [0.4, 0.5) is 10.1 Å². The van der Waals surface area contributed by atoms with Crippen LogP contribution in [-0.2, 0) is 13.0 Å². The second-order valence-electron chi connectivity index (χ2n) is 4.78. The fourth-order valence-corrected chi connectivity index (χ4v) is 2.15. The highest BCUT2D eigenvalue weighted by molar-refractivity contribution is 5.48. The Balaban J connectivity index is 1.91. The highest BCUT2D eigenvalue weighted by atomic mass is 19.1. The predicted molar refractivity (Wildman–Crippen MR) is 81.5 cm³/mol. The van der Waals surface area contributed by atoms with E-state index in [1.165, 1.54) is 19.2 Å². The van der Waals surface area contributed by atoms with Gasteiger partial charge in [-0.2, -0.15) is 0 Å². The summed E-state index contributed by atoms with van der Waals surface area (Å²) in [6.45, 7) is 1.06. The Labute approximate surface area is 127 Å².